The molecule has 1 aliphatic heterocycles. The molecule has 1 aliphatic rings. The lowest BCUT2D eigenvalue weighted by molar-refractivity contribution is 0.0623. The van der Waals surface area contributed by atoms with Crippen molar-refractivity contribution in [2.45, 2.75) is 6.54 Å². The van der Waals surface area contributed by atoms with Crippen molar-refractivity contribution in [1.82, 2.24) is 19.8 Å². The van der Waals surface area contributed by atoms with Gasteiger partial charge in [0, 0.05) is 44.3 Å². The van der Waals surface area contributed by atoms with Crippen LogP contribution in [0.25, 0.3) is 0 Å². The van der Waals surface area contributed by atoms with Gasteiger partial charge in [-0.15, -0.1) is 11.3 Å². The van der Waals surface area contributed by atoms with Crippen molar-refractivity contribution in [2.24, 2.45) is 0 Å². The highest BCUT2D eigenvalue weighted by Gasteiger charge is 2.23. The van der Waals surface area contributed by atoms with Crippen molar-refractivity contribution in [3.63, 3.8) is 0 Å². The van der Waals surface area contributed by atoms with Gasteiger partial charge in [-0.1, -0.05) is 30.3 Å². The summed E-state index contributed by atoms with van der Waals surface area (Å²) in [5.74, 6) is 0.00449. The molecule has 3 aromatic rings. The standard InChI is InChI=1S/C20H21N5OS/c26-19(18-15-27-20(23-18)22-17-7-4-8-21-13-17)25-11-9-24(10-12-25)14-16-5-2-1-3-6-16/h1-8,13,15H,9-12,14H2,(H,22,23). The molecule has 0 atom stereocenters. The van der Waals surface area contributed by atoms with Crippen molar-refractivity contribution >= 4 is 28.1 Å². The molecule has 0 radical (unpaired) electrons. The number of rotatable bonds is 5. The maximum atomic E-state index is 12.7. The number of amides is 1. The lowest BCUT2D eigenvalue weighted by atomic mass is 10.2. The third kappa shape index (κ3) is 4.50. The molecule has 6 nitrogen and oxygen atoms in total. The second-order valence-corrected chi connectivity index (χ2v) is 7.32. The quantitative estimate of drug-likeness (QED) is 0.737. The summed E-state index contributed by atoms with van der Waals surface area (Å²) in [5, 5.41) is 5.70. The SMILES string of the molecule is O=C(c1csc(Nc2cccnc2)n1)N1CCN(Cc2ccccc2)CC1. The van der Waals surface area contributed by atoms with Crippen molar-refractivity contribution in [1.29, 1.82) is 0 Å². The molecule has 4 rings (SSSR count). The zero-order valence-corrected chi connectivity index (χ0v) is 15.7. The Morgan fingerprint density at radius 3 is 2.63 bits per heavy atom. The van der Waals surface area contributed by atoms with Gasteiger partial charge in [-0.05, 0) is 17.7 Å². The molecule has 0 unspecified atom stereocenters. The second kappa shape index (κ2) is 8.28. The number of aromatic nitrogens is 2. The Kier molecular flexibility index (Phi) is 5.41. The topological polar surface area (TPSA) is 61.4 Å². The van der Waals surface area contributed by atoms with E-state index >= 15 is 0 Å². The first-order valence-corrected chi connectivity index (χ1v) is 9.84. The predicted octanol–water partition coefficient (Wildman–Crippen LogP) is 3.24. The number of nitrogens with one attached hydrogen (secondary N) is 1. The summed E-state index contributed by atoms with van der Waals surface area (Å²) in [6.45, 7) is 4.15. The van der Waals surface area contributed by atoms with Gasteiger partial charge in [-0.25, -0.2) is 4.98 Å². The first-order chi connectivity index (χ1) is 13.3. The van der Waals surface area contributed by atoms with Gasteiger partial charge in [-0.2, -0.15) is 0 Å². The normalized spacial score (nSPS) is 14.9. The third-order valence-corrected chi connectivity index (χ3v) is 5.30. The zero-order valence-electron chi connectivity index (χ0n) is 14.9. The number of hydrogen-bond acceptors (Lipinski definition) is 6. The van der Waals surface area contributed by atoms with Crippen LogP contribution in [-0.4, -0.2) is 51.9 Å². The van der Waals surface area contributed by atoms with E-state index in [1.807, 2.05) is 28.5 Å². The van der Waals surface area contributed by atoms with Crippen LogP contribution in [0, 0.1) is 0 Å². The molecule has 138 valence electrons. The molecule has 7 heteroatoms. The zero-order chi connectivity index (χ0) is 18.5. The lowest BCUT2D eigenvalue weighted by Gasteiger charge is -2.34. The van der Waals surface area contributed by atoms with Gasteiger partial charge in [0.25, 0.3) is 5.91 Å². The van der Waals surface area contributed by atoms with E-state index in [1.54, 1.807) is 12.4 Å². The van der Waals surface area contributed by atoms with E-state index in [1.165, 1.54) is 16.9 Å². The van der Waals surface area contributed by atoms with Crippen LogP contribution in [0.15, 0.2) is 60.2 Å². The van der Waals surface area contributed by atoms with E-state index in [4.69, 9.17) is 0 Å². The van der Waals surface area contributed by atoms with E-state index in [2.05, 4.69) is 44.5 Å². The fourth-order valence-corrected chi connectivity index (χ4v) is 3.81. The third-order valence-electron chi connectivity index (χ3n) is 4.54. The molecular formula is C20H21N5OS. The monoisotopic (exact) mass is 379 g/mol. The van der Waals surface area contributed by atoms with Crippen LogP contribution in [0.2, 0.25) is 0 Å². The summed E-state index contributed by atoms with van der Waals surface area (Å²) < 4.78 is 0. The van der Waals surface area contributed by atoms with Gasteiger partial charge in [0.1, 0.15) is 5.69 Å². The Bertz CT molecular complexity index is 876. The fourth-order valence-electron chi connectivity index (χ4n) is 3.10. The van der Waals surface area contributed by atoms with E-state index in [9.17, 15) is 4.79 Å². The summed E-state index contributed by atoms with van der Waals surface area (Å²) in [5.41, 5.74) is 2.67. The minimum atomic E-state index is 0.00449. The second-order valence-electron chi connectivity index (χ2n) is 6.46. The number of pyridine rings is 1. The molecular weight excluding hydrogens is 358 g/mol. The molecule has 0 bridgehead atoms. The number of carbonyl (C=O) groups excluding carboxylic acids is 1. The van der Waals surface area contributed by atoms with Gasteiger partial charge in [0.15, 0.2) is 5.13 Å². The lowest BCUT2D eigenvalue weighted by Crippen LogP contribution is -2.48. The highest BCUT2D eigenvalue weighted by atomic mass is 32.1. The summed E-state index contributed by atoms with van der Waals surface area (Å²) >= 11 is 1.43. The van der Waals surface area contributed by atoms with Gasteiger partial charge < -0.3 is 10.2 Å². The number of nitrogens with zero attached hydrogens (tertiary/aromatic N) is 4. The number of hydrogen-bond donors (Lipinski definition) is 1. The Balaban J connectivity index is 1.32. The van der Waals surface area contributed by atoms with Crippen molar-refractivity contribution < 1.29 is 4.79 Å². The van der Waals surface area contributed by atoms with Crippen molar-refractivity contribution in [2.75, 3.05) is 31.5 Å². The predicted molar refractivity (Wildman–Crippen MR) is 107 cm³/mol. The number of thiazole rings is 1. The van der Waals surface area contributed by atoms with Crippen LogP contribution in [0.3, 0.4) is 0 Å². The molecule has 1 saturated heterocycles. The molecule has 1 amide bonds. The average molecular weight is 379 g/mol. The van der Waals surface area contributed by atoms with Crippen LogP contribution in [-0.2, 0) is 6.54 Å². The number of anilines is 2. The van der Waals surface area contributed by atoms with Crippen LogP contribution in [0.4, 0.5) is 10.8 Å². The maximum Gasteiger partial charge on any atom is 0.273 e. The highest BCUT2D eigenvalue weighted by molar-refractivity contribution is 7.14. The Morgan fingerprint density at radius 1 is 1.07 bits per heavy atom. The minimum Gasteiger partial charge on any atom is -0.335 e. The Morgan fingerprint density at radius 2 is 1.89 bits per heavy atom. The summed E-state index contributed by atoms with van der Waals surface area (Å²) in [7, 11) is 0. The first kappa shape index (κ1) is 17.6. The van der Waals surface area contributed by atoms with Crippen molar-refractivity contribution in [3.8, 4) is 0 Å². The number of benzene rings is 1. The molecule has 1 N–H and O–H groups in total. The molecule has 27 heavy (non-hydrogen) atoms. The van der Waals surface area contributed by atoms with Crippen LogP contribution in [0.5, 0.6) is 0 Å². The van der Waals surface area contributed by atoms with Crippen LogP contribution in [0.1, 0.15) is 16.1 Å². The van der Waals surface area contributed by atoms with Crippen LogP contribution < -0.4 is 5.32 Å². The maximum absolute atomic E-state index is 12.7. The number of piperazine rings is 1. The summed E-state index contributed by atoms with van der Waals surface area (Å²) in [4.78, 5) is 25.5. The number of carbonyl (C=O) groups is 1. The minimum absolute atomic E-state index is 0.00449. The van der Waals surface area contributed by atoms with Gasteiger partial charge in [-0.3, -0.25) is 14.7 Å². The molecule has 2 aromatic heterocycles. The summed E-state index contributed by atoms with van der Waals surface area (Å²) in [6.07, 6.45) is 3.45. The molecule has 1 fully saturated rings. The molecule has 0 saturated carbocycles. The highest BCUT2D eigenvalue weighted by Crippen LogP contribution is 2.21. The summed E-state index contributed by atoms with van der Waals surface area (Å²) in [6, 6.07) is 14.2. The largest absolute Gasteiger partial charge is 0.335 e. The Hall–Kier alpha value is -2.77. The van der Waals surface area contributed by atoms with Gasteiger partial charge in [0.05, 0.1) is 11.9 Å². The molecule has 0 aliphatic carbocycles. The first-order valence-electron chi connectivity index (χ1n) is 8.96. The Labute approximate surface area is 162 Å². The molecule has 0 spiro atoms. The van der Waals surface area contributed by atoms with E-state index in [-0.39, 0.29) is 5.91 Å². The van der Waals surface area contributed by atoms with Gasteiger partial charge in [0.2, 0.25) is 0 Å². The van der Waals surface area contributed by atoms with E-state index in [0.29, 0.717) is 10.8 Å². The van der Waals surface area contributed by atoms with Gasteiger partial charge >= 0.3 is 0 Å². The molecule has 3 heterocycles. The fraction of sp³-hybridized carbons (Fsp3) is 0.250. The molecule has 1 aromatic carbocycles. The van der Waals surface area contributed by atoms with Crippen LogP contribution >= 0.6 is 11.3 Å². The average Bonchev–Trinajstić information content (AvgIpc) is 3.18. The smallest absolute Gasteiger partial charge is 0.273 e. The van der Waals surface area contributed by atoms with E-state index < -0.39 is 0 Å². The van der Waals surface area contributed by atoms with E-state index in [0.717, 1.165) is 38.4 Å². The van der Waals surface area contributed by atoms with Crippen molar-refractivity contribution in [3.05, 3.63) is 71.5 Å².